The van der Waals surface area contributed by atoms with Crippen molar-refractivity contribution in [3.63, 3.8) is 0 Å². The summed E-state index contributed by atoms with van der Waals surface area (Å²) < 4.78 is 4.27. The molecule has 0 aliphatic heterocycles. The number of fused-ring (bicyclic) bond motifs is 1. The fourth-order valence-corrected chi connectivity index (χ4v) is 3.10. The van der Waals surface area contributed by atoms with E-state index >= 15 is 0 Å². The molecule has 0 N–H and O–H groups in total. The van der Waals surface area contributed by atoms with E-state index in [4.69, 9.17) is 0 Å². The zero-order valence-electron chi connectivity index (χ0n) is 14.8. The number of nitrogens with zero attached hydrogens (tertiary/aromatic N) is 4. The molecule has 4 aromatic rings. The Hall–Kier alpha value is -2.88. The number of pyridine rings is 1. The van der Waals surface area contributed by atoms with Crippen LogP contribution in [0.4, 0.5) is 0 Å². The Morgan fingerprint density at radius 3 is 2.40 bits per heavy atom. The molecule has 3 aromatic heterocycles. The Bertz CT molecular complexity index is 987. The molecule has 1 aromatic carbocycles. The number of hydrogen-bond donors (Lipinski definition) is 0. The number of rotatable bonds is 3. The lowest BCUT2D eigenvalue weighted by Gasteiger charge is -2.18. The molecule has 126 valence electrons. The molecule has 25 heavy (non-hydrogen) atoms. The molecule has 0 fully saturated rings. The summed E-state index contributed by atoms with van der Waals surface area (Å²) in [4.78, 5) is 8.62. The summed E-state index contributed by atoms with van der Waals surface area (Å²) in [6.07, 6.45) is 9.80. The average molecular weight is 330 g/mol. The Kier molecular flexibility index (Phi) is 3.68. The lowest BCUT2D eigenvalue weighted by molar-refractivity contribution is 0.563. The van der Waals surface area contributed by atoms with Crippen LogP contribution in [0.5, 0.6) is 0 Å². The minimum absolute atomic E-state index is 0.0622. The Labute approximate surface area is 147 Å². The van der Waals surface area contributed by atoms with Gasteiger partial charge in [-0.3, -0.25) is 0 Å². The highest BCUT2D eigenvalue weighted by Crippen LogP contribution is 2.26. The summed E-state index contributed by atoms with van der Waals surface area (Å²) in [5.74, 6) is 0. The van der Waals surface area contributed by atoms with E-state index in [0.717, 1.165) is 12.2 Å². The van der Waals surface area contributed by atoms with E-state index in [-0.39, 0.29) is 5.41 Å². The van der Waals surface area contributed by atoms with E-state index in [1.165, 1.54) is 22.4 Å². The SMILES string of the molecule is CC(C)(C)c1cnc2ccc(-c3ccc(Cn4ccnc4)cc3)cn12. The molecule has 0 spiro atoms. The van der Waals surface area contributed by atoms with Crippen molar-refractivity contribution in [2.45, 2.75) is 32.7 Å². The third-order valence-electron chi connectivity index (χ3n) is 4.49. The van der Waals surface area contributed by atoms with Gasteiger partial charge in [-0.2, -0.15) is 0 Å². The predicted molar refractivity (Wildman–Crippen MR) is 101 cm³/mol. The van der Waals surface area contributed by atoms with Crippen LogP contribution in [0.1, 0.15) is 32.0 Å². The molecule has 0 saturated carbocycles. The molecule has 0 radical (unpaired) electrons. The van der Waals surface area contributed by atoms with Gasteiger partial charge in [-0.1, -0.05) is 45.0 Å². The predicted octanol–water partition coefficient (Wildman–Crippen LogP) is 4.54. The van der Waals surface area contributed by atoms with Gasteiger partial charge in [-0.15, -0.1) is 0 Å². The van der Waals surface area contributed by atoms with E-state index in [0.29, 0.717) is 0 Å². The van der Waals surface area contributed by atoms with Crippen LogP contribution < -0.4 is 0 Å². The van der Waals surface area contributed by atoms with Gasteiger partial charge in [-0.05, 0) is 28.8 Å². The number of benzene rings is 1. The van der Waals surface area contributed by atoms with E-state index in [9.17, 15) is 0 Å². The van der Waals surface area contributed by atoms with Gasteiger partial charge in [0.15, 0.2) is 0 Å². The normalized spacial score (nSPS) is 12.0. The first-order chi connectivity index (χ1) is 12.0. The van der Waals surface area contributed by atoms with Crippen molar-refractivity contribution >= 4 is 5.65 Å². The van der Waals surface area contributed by atoms with Crippen molar-refractivity contribution in [3.05, 3.63) is 78.8 Å². The number of aromatic nitrogens is 4. The maximum atomic E-state index is 4.53. The molecule has 0 atom stereocenters. The second kappa shape index (κ2) is 5.88. The van der Waals surface area contributed by atoms with Gasteiger partial charge in [0, 0.05) is 42.4 Å². The summed E-state index contributed by atoms with van der Waals surface area (Å²) in [5.41, 5.74) is 5.95. The summed E-state index contributed by atoms with van der Waals surface area (Å²) in [6.45, 7) is 7.49. The smallest absolute Gasteiger partial charge is 0.136 e. The lowest BCUT2D eigenvalue weighted by atomic mass is 9.93. The van der Waals surface area contributed by atoms with Crippen LogP contribution in [0.3, 0.4) is 0 Å². The van der Waals surface area contributed by atoms with Gasteiger partial charge in [0.25, 0.3) is 0 Å². The average Bonchev–Trinajstić information content (AvgIpc) is 3.23. The Morgan fingerprint density at radius 2 is 1.72 bits per heavy atom. The van der Waals surface area contributed by atoms with Gasteiger partial charge in [0.2, 0.25) is 0 Å². The van der Waals surface area contributed by atoms with Crippen molar-refractivity contribution in [1.82, 2.24) is 18.9 Å². The van der Waals surface area contributed by atoms with Crippen LogP contribution in [0.2, 0.25) is 0 Å². The van der Waals surface area contributed by atoms with E-state index in [2.05, 4.69) is 82.3 Å². The molecule has 0 bridgehead atoms. The minimum Gasteiger partial charge on any atom is -0.333 e. The third-order valence-corrected chi connectivity index (χ3v) is 4.49. The molecule has 0 saturated heterocycles. The summed E-state index contributed by atoms with van der Waals surface area (Å²) >= 11 is 0. The van der Waals surface area contributed by atoms with Crippen LogP contribution in [-0.2, 0) is 12.0 Å². The zero-order chi connectivity index (χ0) is 17.4. The van der Waals surface area contributed by atoms with Crippen molar-refractivity contribution in [3.8, 4) is 11.1 Å². The van der Waals surface area contributed by atoms with Crippen molar-refractivity contribution in [1.29, 1.82) is 0 Å². The fraction of sp³-hybridized carbons (Fsp3) is 0.238. The summed E-state index contributed by atoms with van der Waals surface area (Å²) in [6, 6.07) is 12.9. The topological polar surface area (TPSA) is 35.1 Å². The van der Waals surface area contributed by atoms with Gasteiger partial charge in [-0.25, -0.2) is 9.97 Å². The van der Waals surface area contributed by atoms with E-state index in [1.807, 2.05) is 24.9 Å². The van der Waals surface area contributed by atoms with Gasteiger partial charge >= 0.3 is 0 Å². The Morgan fingerprint density at radius 1 is 0.960 bits per heavy atom. The number of imidazole rings is 2. The molecular formula is C21H22N4. The molecule has 0 unspecified atom stereocenters. The lowest BCUT2D eigenvalue weighted by Crippen LogP contribution is -2.14. The first kappa shape index (κ1) is 15.6. The van der Waals surface area contributed by atoms with Crippen molar-refractivity contribution in [2.24, 2.45) is 0 Å². The second-order valence-corrected chi connectivity index (χ2v) is 7.47. The van der Waals surface area contributed by atoms with Crippen molar-refractivity contribution < 1.29 is 0 Å². The highest BCUT2D eigenvalue weighted by atomic mass is 15.0. The highest BCUT2D eigenvalue weighted by molar-refractivity contribution is 5.65. The third kappa shape index (κ3) is 3.07. The van der Waals surface area contributed by atoms with Crippen molar-refractivity contribution in [2.75, 3.05) is 0 Å². The maximum Gasteiger partial charge on any atom is 0.136 e. The Balaban J connectivity index is 1.67. The monoisotopic (exact) mass is 330 g/mol. The van der Waals surface area contributed by atoms with Gasteiger partial charge in [0.05, 0.1) is 6.33 Å². The number of hydrogen-bond acceptors (Lipinski definition) is 2. The maximum absolute atomic E-state index is 4.53. The first-order valence-corrected chi connectivity index (χ1v) is 8.53. The van der Waals surface area contributed by atoms with Crippen LogP contribution in [0.25, 0.3) is 16.8 Å². The molecule has 0 amide bonds. The van der Waals surface area contributed by atoms with E-state index in [1.54, 1.807) is 0 Å². The second-order valence-electron chi connectivity index (χ2n) is 7.47. The van der Waals surface area contributed by atoms with Gasteiger partial charge < -0.3 is 8.97 Å². The van der Waals surface area contributed by atoms with Crippen LogP contribution in [0, 0.1) is 0 Å². The largest absolute Gasteiger partial charge is 0.333 e. The molecule has 0 aliphatic rings. The summed E-state index contributed by atoms with van der Waals surface area (Å²) in [5, 5.41) is 0. The van der Waals surface area contributed by atoms with Crippen LogP contribution in [0.15, 0.2) is 67.5 Å². The molecule has 4 nitrogen and oxygen atoms in total. The standard InChI is InChI=1S/C21H22N4/c1-21(2,3)19-12-23-20-9-8-18(14-25(19)20)17-6-4-16(5-7-17)13-24-11-10-22-15-24/h4-12,14-15H,13H2,1-3H3. The van der Waals surface area contributed by atoms with Crippen LogP contribution in [-0.4, -0.2) is 18.9 Å². The molecular weight excluding hydrogens is 308 g/mol. The quantitative estimate of drug-likeness (QED) is 0.552. The fourth-order valence-electron chi connectivity index (χ4n) is 3.10. The van der Waals surface area contributed by atoms with Crippen LogP contribution >= 0.6 is 0 Å². The minimum atomic E-state index is 0.0622. The molecule has 0 aliphatic carbocycles. The molecule has 3 heterocycles. The first-order valence-electron chi connectivity index (χ1n) is 8.53. The van der Waals surface area contributed by atoms with E-state index < -0.39 is 0 Å². The summed E-state index contributed by atoms with van der Waals surface area (Å²) in [7, 11) is 0. The molecule has 4 heteroatoms. The van der Waals surface area contributed by atoms with Gasteiger partial charge in [0.1, 0.15) is 5.65 Å². The molecule has 4 rings (SSSR count). The highest BCUT2D eigenvalue weighted by Gasteiger charge is 2.18. The zero-order valence-corrected chi connectivity index (χ0v) is 14.8.